The van der Waals surface area contributed by atoms with Crippen LogP contribution < -0.4 is 0 Å². The third-order valence-electron chi connectivity index (χ3n) is 7.11. The van der Waals surface area contributed by atoms with E-state index in [0.717, 1.165) is 50.4 Å². The molecule has 0 saturated carbocycles. The Bertz CT molecular complexity index is 537. The van der Waals surface area contributed by atoms with Crippen molar-refractivity contribution in [3.8, 4) is 0 Å². The van der Waals surface area contributed by atoms with E-state index in [4.69, 9.17) is 9.47 Å². The molecule has 7 heteroatoms. The van der Waals surface area contributed by atoms with Gasteiger partial charge in [0.05, 0.1) is 0 Å². The Balaban J connectivity index is 4.44. The zero-order valence-corrected chi connectivity index (χ0v) is 31.1. The topological polar surface area (TPSA) is 52.6 Å². The molecule has 0 aliphatic heterocycles. The Hall–Kier alpha value is 0.439. The normalized spacial score (nSPS) is 11.9. The van der Waals surface area contributed by atoms with Crippen molar-refractivity contribution in [1.29, 1.82) is 0 Å². The van der Waals surface area contributed by atoms with Gasteiger partial charge in [-0.3, -0.25) is 0 Å². The summed E-state index contributed by atoms with van der Waals surface area (Å²) in [5.74, 6) is 2.36. The van der Waals surface area contributed by atoms with Gasteiger partial charge in [0.25, 0.3) is 0 Å². The monoisotopic (exact) mass is 696 g/mol. The summed E-state index contributed by atoms with van der Waals surface area (Å²) in [6.45, 7) is 14.7. The fraction of sp³-hybridized carbons (Fsp3) is 0.938. The molecule has 0 aromatic rings. The van der Waals surface area contributed by atoms with Crippen LogP contribution in [0.4, 0.5) is 0 Å². The molecule has 0 aromatic heterocycles. The van der Waals surface area contributed by atoms with Crippen LogP contribution in [0.15, 0.2) is 0 Å². The van der Waals surface area contributed by atoms with Gasteiger partial charge in [0.2, 0.25) is 0 Å². The Morgan fingerprint density at radius 1 is 0.564 bits per heavy atom. The van der Waals surface area contributed by atoms with E-state index in [0.29, 0.717) is 24.7 Å². The minimum atomic E-state index is -2.79. The Morgan fingerprint density at radius 2 is 0.923 bits per heavy atom. The summed E-state index contributed by atoms with van der Waals surface area (Å²) >= 11 is -2.79. The molecule has 0 aliphatic rings. The molecule has 0 amide bonds. The van der Waals surface area contributed by atoms with E-state index < -0.39 is 15.6 Å². The smallest absolute Gasteiger partial charge is 0.0628 e. The van der Waals surface area contributed by atoms with Crippen LogP contribution in [0.5, 0.6) is 0 Å². The first-order valence-electron chi connectivity index (χ1n) is 16.3. The van der Waals surface area contributed by atoms with Crippen LogP contribution >= 0.6 is 17.9 Å². The summed E-state index contributed by atoms with van der Waals surface area (Å²) in [5, 5.41) is 0. The van der Waals surface area contributed by atoms with Crippen molar-refractivity contribution >= 4 is 45.4 Å². The Kier molecular flexibility index (Phi) is 27.6. The first kappa shape index (κ1) is 39.4. The van der Waals surface area contributed by atoms with E-state index in [-0.39, 0.29) is 11.9 Å². The van der Waals surface area contributed by atoms with Gasteiger partial charge in [-0.1, -0.05) is 27.7 Å². The number of unbranched alkanes of at least 4 members (excludes halogenated alkanes) is 10. The van der Waals surface area contributed by atoms with Gasteiger partial charge in [-0.25, -0.2) is 0 Å². The molecule has 0 fully saturated rings. The van der Waals surface area contributed by atoms with Gasteiger partial charge in [-0.15, -0.1) is 0 Å². The summed E-state index contributed by atoms with van der Waals surface area (Å²) in [6, 6.07) is 0. The van der Waals surface area contributed by atoms with E-state index >= 15 is 0 Å². The second kappa shape index (κ2) is 27.3. The van der Waals surface area contributed by atoms with Gasteiger partial charge in [0.1, 0.15) is 0 Å². The summed E-state index contributed by atoms with van der Waals surface area (Å²) in [6.07, 6.45) is 19.2. The fourth-order valence-corrected chi connectivity index (χ4v) is 32.1. The number of rotatable bonds is 28. The molecular weight excluding hydrogens is 631 g/mol. The van der Waals surface area contributed by atoms with Crippen LogP contribution in [-0.4, -0.2) is 52.3 Å². The number of hydrogen-bond acceptors (Lipinski definition) is 6. The predicted octanol–water partition coefficient (Wildman–Crippen LogP) is 10.6. The summed E-state index contributed by atoms with van der Waals surface area (Å²) < 4.78 is 13.6. The maximum atomic E-state index is 12.6. The molecule has 4 nitrogen and oxygen atoms in total. The van der Waals surface area contributed by atoms with E-state index in [9.17, 15) is 9.59 Å². The molecule has 0 unspecified atom stereocenters. The van der Waals surface area contributed by atoms with Crippen LogP contribution in [-0.2, 0) is 19.1 Å². The molecular formula is C32H64O4S2Sn. The Morgan fingerprint density at radius 3 is 1.28 bits per heavy atom. The molecule has 39 heavy (non-hydrogen) atoms. The number of ether oxygens (including phenoxy) is 2. The van der Waals surface area contributed by atoms with Crippen molar-refractivity contribution in [3.63, 3.8) is 0 Å². The van der Waals surface area contributed by atoms with E-state index in [1.165, 1.54) is 73.1 Å². The van der Waals surface area contributed by atoms with Crippen LogP contribution in [0.3, 0.4) is 0 Å². The fourth-order valence-electron chi connectivity index (χ4n) is 4.55. The molecule has 0 atom stereocenters. The summed E-state index contributed by atoms with van der Waals surface area (Å²) in [5.41, 5.74) is 0. The molecule has 0 spiro atoms. The van der Waals surface area contributed by atoms with E-state index in [1.807, 2.05) is 17.9 Å². The standard InChI is InChI=1S/2C12H24O2S.2C4H9.Sn/c2*1-11(2)8-6-4-3-5-7-9-14-12(13)10-15;2*1-3-4-2;/h2*11,15H,3-10H2,1-2H3;2*1,3-4H2,2H3;/q;;;;+2/p-2. The van der Waals surface area contributed by atoms with Crippen LogP contribution in [0.2, 0.25) is 8.87 Å². The van der Waals surface area contributed by atoms with Crippen molar-refractivity contribution in [3.05, 3.63) is 0 Å². The minimum Gasteiger partial charge on any atom is -0.0628 e. The van der Waals surface area contributed by atoms with Gasteiger partial charge in [-0.2, -0.15) is 0 Å². The van der Waals surface area contributed by atoms with Gasteiger partial charge in [0.15, 0.2) is 0 Å². The average molecular weight is 696 g/mol. The molecule has 0 aliphatic carbocycles. The second-order valence-corrected chi connectivity index (χ2v) is 38.4. The number of esters is 2. The molecule has 0 heterocycles. The second-order valence-electron chi connectivity index (χ2n) is 12.0. The van der Waals surface area contributed by atoms with Crippen molar-refractivity contribution in [2.75, 3.05) is 24.7 Å². The first-order chi connectivity index (χ1) is 18.7. The maximum absolute atomic E-state index is 12.6. The first-order valence-corrected chi connectivity index (χ1v) is 29.3. The van der Waals surface area contributed by atoms with Gasteiger partial charge >= 0.3 is 227 Å². The molecule has 0 bridgehead atoms. The molecule has 232 valence electrons. The SMILES string of the molecule is CCC[CH2][Sn]([CH2]CCC)([S]CC(=O)OCCCCCCCC(C)C)[S]CC(=O)OCCCCCCCC(C)C. The molecule has 0 N–H and O–H groups in total. The number of hydrogen-bond donors (Lipinski definition) is 0. The van der Waals surface area contributed by atoms with Crippen molar-refractivity contribution in [2.24, 2.45) is 11.8 Å². The zero-order valence-electron chi connectivity index (χ0n) is 26.7. The predicted molar refractivity (Wildman–Crippen MR) is 177 cm³/mol. The molecule has 0 radical (unpaired) electrons. The van der Waals surface area contributed by atoms with Crippen LogP contribution in [0.1, 0.15) is 144 Å². The third-order valence-corrected chi connectivity index (χ3v) is 37.0. The molecule has 0 aromatic carbocycles. The molecule has 0 rings (SSSR count). The van der Waals surface area contributed by atoms with Crippen LogP contribution in [0, 0.1) is 11.8 Å². The summed E-state index contributed by atoms with van der Waals surface area (Å²) in [7, 11) is 3.82. The molecule has 0 saturated heterocycles. The van der Waals surface area contributed by atoms with Gasteiger partial charge in [0, 0.05) is 0 Å². The Labute approximate surface area is 252 Å². The quantitative estimate of drug-likeness (QED) is 0.0461. The van der Waals surface area contributed by atoms with Gasteiger partial charge in [-0.05, 0) is 0 Å². The third kappa shape index (κ3) is 25.8. The zero-order chi connectivity index (χ0) is 29.2. The van der Waals surface area contributed by atoms with Crippen molar-refractivity contribution in [2.45, 2.75) is 153 Å². The number of carbonyl (C=O) groups is 2. The number of carbonyl (C=O) groups excluding carboxylic acids is 2. The average Bonchev–Trinajstić information content (AvgIpc) is 2.90. The van der Waals surface area contributed by atoms with Crippen molar-refractivity contribution < 1.29 is 19.1 Å². The minimum absolute atomic E-state index is 0.0644. The van der Waals surface area contributed by atoms with E-state index in [2.05, 4.69) is 41.5 Å². The van der Waals surface area contributed by atoms with Crippen molar-refractivity contribution in [1.82, 2.24) is 0 Å². The van der Waals surface area contributed by atoms with E-state index in [1.54, 1.807) is 0 Å². The van der Waals surface area contributed by atoms with Crippen LogP contribution in [0.25, 0.3) is 0 Å². The van der Waals surface area contributed by atoms with Gasteiger partial charge < -0.3 is 0 Å². The summed E-state index contributed by atoms with van der Waals surface area (Å²) in [4.78, 5) is 25.2.